The number of rotatable bonds is 5. The van der Waals surface area contributed by atoms with Gasteiger partial charge < -0.3 is 11.1 Å². The lowest BCUT2D eigenvalue weighted by Crippen LogP contribution is -2.41. The number of nitrogens with one attached hydrogen (secondary N) is 1. The molecule has 3 atom stereocenters. The van der Waals surface area contributed by atoms with Gasteiger partial charge in [0.2, 0.25) is 5.91 Å². The number of amides is 1. The molecular formula is C15H22N2O. The van der Waals surface area contributed by atoms with E-state index in [1.165, 1.54) is 12.8 Å². The molecule has 0 aromatic heterocycles. The lowest BCUT2D eigenvalue weighted by Gasteiger charge is -2.22. The number of hydrogen-bond donors (Lipinski definition) is 2. The maximum Gasteiger partial charge on any atom is 0.224 e. The van der Waals surface area contributed by atoms with E-state index in [0.717, 1.165) is 5.56 Å². The van der Waals surface area contributed by atoms with Gasteiger partial charge in [-0.3, -0.25) is 4.79 Å². The van der Waals surface area contributed by atoms with Gasteiger partial charge in [0.1, 0.15) is 0 Å². The molecule has 2 rings (SSSR count). The molecule has 3 nitrogen and oxygen atoms in total. The minimum absolute atomic E-state index is 0.0609. The average Bonchev–Trinajstić information content (AvgIpc) is 3.22. The van der Waals surface area contributed by atoms with Gasteiger partial charge in [-0.1, -0.05) is 37.3 Å². The van der Waals surface area contributed by atoms with Crippen LogP contribution < -0.4 is 11.1 Å². The predicted octanol–water partition coefficient (Wildman–Crippen LogP) is 2.24. The SMILES string of the molecule is CC(NC(=O)C(C)C(N)c1ccccc1)C1CC1. The monoisotopic (exact) mass is 246 g/mol. The lowest BCUT2D eigenvalue weighted by atomic mass is 9.94. The molecule has 0 heterocycles. The van der Waals surface area contributed by atoms with Gasteiger partial charge in [-0.15, -0.1) is 0 Å². The molecular weight excluding hydrogens is 224 g/mol. The Morgan fingerprint density at radius 3 is 2.44 bits per heavy atom. The molecule has 3 N–H and O–H groups in total. The molecule has 1 amide bonds. The van der Waals surface area contributed by atoms with Gasteiger partial charge in [-0.2, -0.15) is 0 Å². The van der Waals surface area contributed by atoms with Crippen LogP contribution in [0.1, 0.15) is 38.3 Å². The van der Waals surface area contributed by atoms with Crippen LogP contribution in [-0.2, 0) is 4.79 Å². The van der Waals surface area contributed by atoms with Crippen LogP contribution in [-0.4, -0.2) is 11.9 Å². The molecule has 0 radical (unpaired) electrons. The predicted molar refractivity (Wildman–Crippen MR) is 72.9 cm³/mol. The van der Waals surface area contributed by atoms with Gasteiger partial charge >= 0.3 is 0 Å². The van der Waals surface area contributed by atoms with E-state index in [-0.39, 0.29) is 23.9 Å². The van der Waals surface area contributed by atoms with Crippen molar-refractivity contribution < 1.29 is 4.79 Å². The van der Waals surface area contributed by atoms with Crippen molar-refractivity contribution in [3.05, 3.63) is 35.9 Å². The normalized spacial score (nSPS) is 19.9. The smallest absolute Gasteiger partial charge is 0.224 e. The summed E-state index contributed by atoms with van der Waals surface area (Å²) in [5, 5.41) is 3.07. The van der Waals surface area contributed by atoms with Crippen molar-refractivity contribution in [1.29, 1.82) is 0 Å². The molecule has 3 unspecified atom stereocenters. The molecule has 0 spiro atoms. The fraction of sp³-hybridized carbons (Fsp3) is 0.533. The highest BCUT2D eigenvalue weighted by molar-refractivity contribution is 5.79. The third-order valence-corrected chi connectivity index (χ3v) is 3.84. The van der Waals surface area contributed by atoms with Gasteiger partial charge in [-0.25, -0.2) is 0 Å². The first-order valence-corrected chi connectivity index (χ1v) is 6.70. The topological polar surface area (TPSA) is 55.1 Å². The second-order valence-corrected chi connectivity index (χ2v) is 5.36. The molecule has 98 valence electrons. The quantitative estimate of drug-likeness (QED) is 0.837. The molecule has 1 aliphatic carbocycles. The second-order valence-electron chi connectivity index (χ2n) is 5.36. The Morgan fingerprint density at radius 2 is 1.89 bits per heavy atom. The molecule has 1 saturated carbocycles. The molecule has 18 heavy (non-hydrogen) atoms. The zero-order valence-electron chi connectivity index (χ0n) is 11.1. The minimum atomic E-state index is -0.238. The van der Waals surface area contributed by atoms with Crippen LogP contribution in [0.4, 0.5) is 0 Å². The molecule has 1 fully saturated rings. The van der Waals surface area contributed by atoms with Crippen molar-refractivity contribution in [2.24, 2.45) is 17.6 Å². The van der Waals surface area contributed by atoms with E-state index in [1.807, 2.05) is 37.3 Å². The molecule has 0 saturated heterocycles. The fourth-order valence-corrected chi connectivity index (χ4v) is 2.20. The van der Waals surface area contributed by atoms with Crippen LogP contribution >= 0.6 is 0 Å². The summed E-state index contributed by atoms with van der Waals surface area (Å²) in [7, 11) is 0. The van der Waals surface area contributed by atoms with Crippen molar-refractivity contribution in [3.8, 4) is 0 Å². The molecule has 3 heteroatoms. The van der Waals surface area contributed by atoms with Crippen molar-refractivity contribution >= 4 is 5.91 Å². The number of carbonyl (C=O) groups excluding carboxylic acids is 1. The second kappa shape index (κ2) is 5.53. The van der Waals surface area contributed by atoms with E-state index in [0.29, 0.717) is 5.92 Å². The Labute approximate surface area is 109 Å². The van der Waals surface area contributed by atoms with Gasteiger partial charge in [0.05, 0.1) is 5.92 Å². The van der Waals surface area contributed by atoms with Crippen LogP contribution in [0.5, 0.6) is 0 Å². The standard InChI is InChI=1S/C15H22N2O/c1-10(14(16)13-6-4-3-5-7-13)15(18)17-11(2)12-8-9-12/h3-7,10-12,14H,8-9,16H2,1-2H3,(H,17,18). The van der Waals surface area contributed by atoms with Crippen LogP contribution in [0.2, 0.25) is 0 Å². The molecule has 1 aliphatic rings. The zero-order chi connectivity index (χ0) is 13.1. The summed E-state index contributed by atoms with van der Waals surface area (Å²) in [5.74, 6) is 0.536. The summed E-state index contributed by atoms with van der Waals surface area (Å²) < 4.78 is 0. The largest absolute Gasteiger partial charge is 0.353 e. The van der Waals surface area contributed by atoms with E-state index in [9.17, 15) is 4.79 Å². The molecule has 0 aliphatic heterocycles. The molecule has 0 bridgehead atoms. The van der Waals surface area contributed by atoms with Crippen LogP contribution in [0.3, 0.4) is 0 Å². The Kier molecular flexibility index (Phi) is 4.02. The highest BCUT2D eigenvalue weighted by atomic mass is 16.1. The molecule has 1 aromatic rings. The van der Waals surface area contributed by atoms with Crippen LogP contribution in [0.15, 0.2) is 30.3 Å². The minimum Gasteiger partial charge on any atom is -0.353 e. The first-order chi connectivity index (χ1) is 8.59. The Hall–Kier alpha value is -1.35. The fourth-order valence-electron chi connectivity index (χ4n) is 2.20. The van der Waals surface area contributed by atoms with Gasteiger partial charge in [0.25, 0.3) is 0 Å². The summed E-state index contributed by atoms with van der Waals surface area (Å²) in [6.07, 6.45) is 2.47. The first-order valence-electron chi connectivity index (χ1n) is 6.70. The van der Waals surface area contributed by atoms with Crippen molar-refractivity contribution in [3.63, 3.8) is 0 Å². The van der Waals surface area contributed by atoms with E-state index in [4.69, 9.17) is 5.73 Å². The Morgan fingerprint density at radius 1 is 1.28 bits per heavy atom. The van der Waals surface area contributed by atoms with Crippen molar-refractivity contribution in [2.45, 2.75) is 38.8 Å². The maximum absolute atomic E-state index is 12.1. The molecule has 1 aromatic carbocycles. The van der Waals surface area contributed by atoms with Gasteiger partial charge in [0.15, 0.2) is 0 Å². The lowest BCUT2D eigenvalue weighted by molar-refractivity contribution is -0.125. The third-order valence-electron chi connectivity index (χ3n) is 3.84. The number of nitrogens with two attached hydrogens (primary N) is 1. The summed E-state index contributed by atoms with van der Waals surface area (Å²) >= 11 is 0. The van der Waals surface area contributed by atoms with Crippen molar-refractivity contribution in [2.75, 3.05) is 0 Å². The summed E-state index contributed by atoms with van der Waals surface area (Å²) in [6, 6.07) is 9.84. The Balaban J connectivity index is 1.93. The summed E-state index contributed by atoms with van der Waals surface area (Å²) in [4.78, 5) is 12.1. The van der Waals surface area contributed by atoms with E-state index in [1.54, 1.807) is 0 Å². The van der Waals surface area contributed by atoms with E-state index >= 15 is 0 Å². The van der Waals surface area contributed by atoms with E-state index in [2.05, 4.69) is 12.2 Å². The summed E-state index contributed by atoms with van der Waals surface area (Å²) in [6.45, 7) is 3.98. The van der Waals surface area contributed by atoms with Crippen molar-refractivity contribution in [1.82, 2.24) is 5.32 Å². The van der Waals surface area contributed by atoms with Crippen LogP contribution in [0.25, 0.3) is 0 Å². The summed E-state index contributed by atoms with van der Waals surface area (Å²) in [5.41, 5.74) is 7.16. The van der Waals surface area contributed by atoms with Gasteiger partial charge in [0, 0.05) is 12.1 Å². The first kappa shape index (κ1) is 13.1. The van der Waals surface area contributed by atoms with E-state index < -0.39 is 0 Å². The maximum atomic E-state index is 12.1. The number of benzene rings is 1. The highest BCUT2D eigenvalue weighted by Crippen LogP contribution is 2.32. The average molecular weight is 246 g/mol. The highest BCUT2D eigenvalue weighted by Gasteiger charge is 2.31. The third kappa shape index (κ3) is 3.10. The van der Waals surface area contributed by atoms with Gasteiger partial charge in [-0.05, 0) is 31.2 Å². The zero-order valence-corrected chi connectivity index (χ0v) is 11.1. The Bertz CT molecular complexity index is 400. The van der Waals surface area contributed by atoms with Crippen LogP contribution in [0, 0.1) is 11.8 Å². The number of carbonyl (C=O) groups is 1. The number of hydrogen-bond acceptors (Lipinski definition) is 2.